The van der Waals surface area contributed by atoms with Gasteiger partial charge in [-0.1, -0.05) is 36.8 Å². The second kappa shape index (κ2) is 6.89. The highest BCUT2D eigenvalue weighted by molar-refractivity contribution is 5.77. The van der Waals surface area contributed by atoms with E-state index in [1.54, 1.807) is 0 Å². The number of nitrogens with zero attached hydrogens (tertiary/aromatic N) is 1. The first-order valence-corrected chi connectivity index (χ1v) is 7.68. The Morgan fingerprint density at radius 1 is 1.40 bits per heavy atom. The first-order valence-electron chi connectivity index (χ1n) is 7.68. The minimum atomic E-state index is 0.298. The molecule has 0 aliphatic carbocycles. The topological polar surface area (TPSA) is 32.3 Å². The van der Waals surface area contributed by atoms with Crippen LogP contribution in [0.5, 0.6) is 0 Å². The van der Waals surface area contributed by atoms with Crippen molar-refractivity contribution in [3.05, 3.63) is 35.4 Å². The Bertz CT molecular complexity index is 441. The second-order valence-corrected chi connectivity index (χ2v) is 5.86. The Hall–Kier alpha value is -1.35. The molecule has 2 atom stereocenters. The van der Waals surface area contributed by atoms with Crippen molar-refractivity contribution in [1.82, 2.24) is 10.2 Å². The molecule has 1 fully saturated rings. The molecule has 1 aromatic rings. The average Bonchev–Trinajstić information content (AvgIpc) is 2.46. The molecule has 0 spiro atoms. The van der Waals surface area contributed by atoms with E-state index in [0.717, 1.165) is 26.1 Å². The number of rotatable bonds is 4. The van der Waals surface area contributed by atoms with Crippen molar-refractivity contribution in [2.75, 3.05) is 19.6 Å². The maximum absolute atomic E-state index is 12.5. The quantitative estimate of drug-likeness (QED) is 0.915. The van der Waals surface area contributed by atoms with E-state index in [4.69, 9.17) is 0 Å². The van der Waals surface area contributed by atoms with Crippen LogP contribution < -0.4 is 5.32 Å². The molecule has 0 saturated carbocycles. The van der Waals surface area contributed by atoms with E-state index in [2.05, 4.69) is 50.4 Å². The van der Waals surface area contributed by atoms with Gasteiger partial charge in [-0.25, -0.2) is 0 Å². The fraction of sp³-hybridized carbons (Fsp3) is 0.588. The van der Waals surface area contributed by atoms with E-state index in [9.17, 15) is 4.79 Å². The molecule has 110 valence electrons. The number of carbonyl (C=O) groups excluding carboxylic acids is 1. The molecule has 1 amide bonds. The molecule has 1 aliphatic heterocycles. The fourth-order valence-corrected chi connectivity index (χ4v) is 2.88. The maximum atomic E-state index is 12.5. The van der Waals surface area contributed by atoms with Crippen LogP contribution in [0, 0.1) is 6.92 Å². The number of benzene rings is 1. The third kappa shape index (κ3) is 3.60. The summed E-state index contributed by atoms with van der Waals surface area (Å²) < 4.78 is 0. The first kappa shape index (κ1) is 15.0. The number of hydrogen-bond acceptors (Lipinski definition) is 2. The largest absolute Gasteiger partial charge is 0.337 e. The lowest BCUT2D eigenvalue weighted by Crippen LogP contribution is -2.52. The summed E-state index contributed by atoms with van der Waals surface area (Å²) in [6.45, 7) is 9.04. The number of piperazine rings is 1. The second-order valence-electron chi connectivity index (χ2n) is 5.86. The zero-order chi connectivity index (χ0) is 14.5. The van der Waals surface area contributed by atoms with E-state index < -0.39 is 0 Å². The van der Waals surface area contributed by atoms with Gasteiger partial charge in [0.05, 0.1) is 0 Å². The third-order valence-electron chi connectivity index (χ3n) is 4.28. The zero-order valence-electron chi connectivity index (χ0n) is 12.9. The van der Waals surface area contributed by atoms with Crippen molar-refractivity contribution in [2.45, 2.75) is 45.6 Å². The van der Waals surface area contributed by atoms with E-state index in [1.807, 2.05) is 4.90 Å². The lowest BCUT2D eigenvalue weighted by atomic mass is 9.92. The van der Waals surface area contributed by atoms with Crippen LogP contribution in [-0.4, -0.2) is 36.5 Å². The Morgan fingerprint density at radius 2 is 2.10 bits per heavy atom. The predicted molar refractivity (Wildman–Crippen MR) is 82.9 cm³/mol. The molecule has 20 heavy (non-hydrogen) atoms. The van der Waals surface area contributed by atoms with Gasteiger partial charge in [-0.05, 0) is 31.7 Å². The van der Waals surface area contributed by atoms with Crippen molar-refractivity contribution in [1.29, 1.82) is 0 Å². The minimum absolute atomic E-state index is 0.298. The van der Waals surface area contributed by atoms with Crippen molar-refractivity contribution >= 4 is 5.91 Å². The zero-order valence-corrected chi connectivity index (χ0v) is 12.9. The van der Waals surface area contributed by atoms with E-state index >= 15 is 0 Å². The van der Waals surface area contributed by atoms with Crippen LogP contribution in [0.4, 0.5) is 0 Å². The summed E-state index contributed by atoms with van der Waals surface area (Å²) in [6, 6.07) is 8.91. The van der Waals surface area contributed by atoms with E-state index in [1.165, 1.54) is 11.1 Å². The average molecular weight is 274 g/mol. The Kier molecular flexibility index (Phi) is 5.18. The molecule has 0 radical (unpaired) electrons. The lowest BCUT2D eigenvalue weighted by molar-refractivity contribution is -0.134. The first-order chi connectivity index (χ1) is 9.61. The standard InChI is InChI=1S/C17H26N2O/c1-4-15(16-7-5-13(2)6-8-16)11-17(20)19-10-9-18-12-14(19)3/h5-8,14-15,18H,4,9-12H2,1-3H3. The molecular weight excluding hydrogens is 248 g/mol. The molecule has 2 rings (SSSR count). The summed E-state index contributed by atoms with van der Waals surface area (Å²) in [5.41, 5.74) is 2.56. The monoisotopic (exact) mass is 274 g/mol. The lowest BCUT2D eigenvalue weighted by Gasteiger charge is -2.35. The summed E-state index contributed by atoms with van der Waals surface area (Å²) in [6.07, 6.45) is 1.64. The molecule has 0 aromatic heterocycles. The smallest absolute Gasteiger partial charge is 0.223 e. The van der Waals surface area contributed by atoms with Crippen LogP contribution in [-0.2, 0) is 4.79 Å². The molecule has 1 N–H and O–H groups in total. The highest BCUT2D eigenvalue weighted by atomic mass is 16.2. The summed E-state index contributed by atoms with van der Waals surface area (Å²) in [7, 11) is 0. The van der Waals surface area contributed by atoms with Crippen molar-refractivity contribution < 1.29 is 4.79 Å². The van der Waals surface area contributed by atoms with Gasteiger partial charge < -0.3 is 10.2 Å². The van der Waals surface area contributed by atoms with Gasteiger partial charge in [0.1, 0.15) is 0 Å². The molecule has 1 saturated heterocycles. The SMILES string of the molecule is CCC(CC(=O)N1CCNCC1C)c1ccc(C)cc1. The van der Waals surface area contributed by atoms with Crippen LogP contribution in [0.1, 0.15) is 43.7 Å². The molecule has 3 nitrogen and oxygen atoms in total. The van der Waals surface area contributed by atoms with Gasteiger partial charge in [-0.2, -0.15) is 0 Å². The van der Waals surface area contributed by atoms with Gasteiger partial charge in [-0.15, -0.1) is 0 Å². The van der Waals surface area contributed by atoms with Gasteiger partial charge >= 0.3 is 0 Å². The molecule has 3 heteroatoms. The Labute approximate surface area is 122 Å². The molecule has 1 heterocycles. The summed E-state index contributed by atoms with van der Waals surface area (Å²) in [5, 5.41) is 3.33. The number of nitrogens with one attached hydrogen (secondary N) is 1. The predicted octanol–water partition coefficient (Wildman–Crippen LogP) is 2.70. The van der Waals surface area contributed by atoms with Crippen LogP contribution in [0.3, 0.4) is 0 Å². The van der Waals surface area contributed by atoms with E-state index in [-0.39, 0.29) is 0 Å². The highest BCUT2D eigenvalue weighted by Gasteiger charge is 2.25. The maximum Gasteiger partial charge on any atom is 0.223 e. The van der Waals surface area contributed by atoms with Gasteiger partial charge in [0.25, 0.3) is 0 Å². The van der Waals surface area contributed by atoms with E-state index in [0.29, 0.717) is 24.3 Å². The molecular formula is C17H26N2O. The Morgan fingerprint density at radius 3 is 2.70 bits per heavy atom. The van der Waals surface area contributed by atoms with Gasteiger partial charge in [0, 0.05) is 32.1 Å². The van der Waals surface area contributed by atoms with Crippen molar-refractivity contribution in [2.24, 2.45) is 0 Å². The number of aryl methyl sites for hydroxylation is 1. The number of amides is 1. The number of carbonyl (C=O) groups is 1. The summed E-state index contributed by atoms with van der Waals surface area (Å²) >= 11 is 0. The fourth-order valence-electron chi connectivity index (χ4n) is 2.88. The summed E-state index contributed by atoms with van der Waals surface area (Å²) in [5.74, 6) is 0.636. The van der Waals surface area contributed by atoms with Crippen LogP contribution in [0.15, 0.2) is 24.3 Å². The molecule has 2 unspecified atom stereocenters. The molecule has 1 aliphatic rings. The van der Waals surface area contributed by atoms with Gasteiger partial charge in [-0.3, -0.25) is 4.79 Å². The van der Waals surface area contributed by atoms with Crippen LogP contribution >= 0.6 is 0 Å². The van der Waals surface area contributed by atoms with Gasteiger partial charge in [0.15, 0.2) is 0 Å². The van der Waals surface area contributed by atoms with Crippen molar-refractivity contribution in [3.8, 4) is 0 Å². The molecule has 0 bridgehead atoms. The highest BCUT2D eigenvalue weighted by Crippen LogP contribution is 2.25. The van der Waals surface area contributed by atoms with Crippen LogP contribution in [0.25, 0.3) is 0 Å². The number of hydrogen-bond donors (Lipinski definition) is 1. The minimum Gasteiger partial charge on any atom is -0.337 e. The normalized spacial score (nSPS) is 20.8. The third-order valence-corrected chi connectivity index (χ3v) is 4.28. The van der Waals surface area contributed by atoms with Crippen molar-refractivity contribution in [3.63, 3.8) is 0 Å². The summed E-state index contributed by atoms with van der Waals surface area (Å²) in [4.78, 5) is 14.6. The van der Waals surface area contributed by atoms with Crippen LogP contribution in [0.2, 0.25) is 0 Å². The molecule has 1 aromatic carbocycles. The van der Waals surface area contributed by atoms with Gasteiger partial charge in [0.2, 0.25) is 5.91 Å². The Balaban J connectivity index is 2.02.